The molecule has 0 spiro atoms. The molecule has 1 fully saturated rings. The lowest BCUT2D eigenvalue weighted by atomic mass is 10.2. The Hall–Kier alpha value is -0.0831. The molecule has 0 radical (unpaired) electrons. The van der Waals surface area contributed by atoms with Crippen molar-refractivity contribution in [1.29, 1.82) is 0 Å². The second-order valence-electron chi connectivity index (χ2n) is 5.23. The van der Waals surface area contributed by atoms with E-state index in [9.17, 15) is 0 Å². The van der Waals surface area contributed by atoms with Crippen LogP contribution in [0.3, 0.4) is 0 Å². The molecule has 0 bridgehead atoms. The van der Waals surface area contributed by atoms with Crippen molar-refractivity contribution in [2.75, 3.05) is 0 Å². The molecule has 0 unspecified atom stereocenters. The van der Waals surface area contributed by atoms with Crippen molar-refractivity contribution < 1.29 is 4.74 Å². The predicted molar refractivity (Wildman–Crippen MR) is 56.1 cm³/mol. The second-order valence-corrected chi connectivity index (χ2v) is 10.7. The highest BCUT2D eigenvalue weighted by Gasteiger charge is 2.54. The molecule has 2 atom stereocenters. The monoisotopic (exact) mass is 184 g/mol. The van der Waals surface area contributed by atoms with Crippen LogP contribution in [-0.4, -0.2) is 19.9 Å². The zero-order chi connectivity index (χ0) is 9.57. The van der Waals surface area contributed by atoms with Crippen LogP contribution in [0.1, 0.15) is 20.8 Å². The molecular formula is C10H20OSi. The fourth-order valence-corrected chi connectivity index (χ4v) is 3.62. The molecule has 1 nitrogen and oxygen atoms in total. The van der Waals surface area contributed by atoms with Gasteiger partial charge < -0.3 is 4.74 Å². The molecule has 0 saturated carbocycles. The quantitative estimate of drug-likeness (QED) is 0.365. The van der Waals surface area contributed by atoms with Crippen LogP contribution in [0.5, 0.6) is 0 Å². The Kier molecular flexibility index (Phi) is 2.26. The fraction of sp³-hybridized carbons (Fsp3) is 0.800. The maximum atomic E-state index is 5.60. The Bertz CT molecular complexity index is 191. The maximum absolute atomic E-state index is 5.60. The molecular weight excluding hydrogens is 164 g/mol. The summed E-state index contributed by atoms with van der Waals surface area (Å²) >= 11 is 0. The molecule has 0 N–H and O–H groups in total. The first-order valence-electron chi connectivity index (χ1n) is 4.58. The van der Waals surface area contributed by atoms with Gasteiger partial charge in [-0.2, -0.15) is 0 Å². The van der Waals surface area contributed by atoms with E-state index in [2.05, 4.69) is 40.4 Å². The minimum atomic E-state index is -1.25. The standard InChI is InChI=1S/C10H20OSi/c1-7-8-9(11-8)12(5,6)10(2,3)4/h7-9H,1H2,2-6H3/t8-,9-/m0/s1. The first kappa shape index (κ1) is 10.0. The molecule has 1 rings (SSSR count). The lowest BCUT2D eigenvalue weighted by molar-refractivity contribution is 0.417. The summed E-state index contributed by atoms with van der Waals surface area (Å²) in [5.41, 5.74) is 0.509. The molecule has 0 amide bonds. The van der Waals surface area contributed by atoms with Gasteiger partial charge >= 0.3 is 0 Å². The molecule has 2 heteroatoms. The van der Waals surface area contributed by atoms with E-state index in [4.69, 9.17) is 4.74 Å². The average molecular weight is 184 g/mol. The van der Waals surface area contributed by atoms with E-state index in [0.717, 1.165) is 0 Å². The topological polar surface area (TPSA) is 12.5 Å². The molecule has 70 valence electrons. The van der Waals surface area contributed by atoms with Crippen molar-refractivity contribution in [3.63, 3.8) is 0 Å². The normalized spacial score (nSPS) is 30.1. The third kappa shape index (κ3) is 1.50. The average Bonchev–Trinajstić information content (AvgIpc) is 2.62. The molecule has 0 aromatic heterocycles. The summed E-state index contributed by atoms with van der Waals surface area (Å²) < 4.78 is 5.60. The summed E-state index contributed by atoms with van der Waals surface area (Å²) in [5, 5.41) is 0.426. The predicted octanol–water partition coefficient (Wildman–Crippen LogP) is 2.99. The Balaban J connectivity index is 2.68. The summed E-state index contributed by atoms with van der Waals surface area (Å²) in [6.45, 7) is 15.5. The van der Waals surface area contributed by atoms with E-state index in [1.54, 1.807) is 0 Å². The minimum absolute atomic E-state index is 0.353. The number of ether oxygens (including phenoxy) is 1. The van der Waals surface area contributed by atoms with Gasteiger partial charge in [0.2, 0.25) is 0 Å². The van der Waals surface area contributed by atoms with E-state index in [1.807, 2.05) is 6.08 Å². The first-order valence-corrected chi connectivity index (χ1v) is 7.66. The molecule has 0 aromatic carbocycles. The van der Waals surface area contributed by atoms with Crippen molar-refractivity contribution in [1.82, 2.24) is 0 Å². The highest BCUT2D eigenvalue weighted by Crippen LogP contribution is 2.46. The van der Waals surface area contributed by atoms with Crippen LogP contribution in [0, 0.1) is 0 Å². The van der Waals surface area contributed by atoms with Gasteiger partial charge in [0, 0.05) is 0 Å². The Morgan fingerprint density at radius 3 is 2.08 bits per heavy atom. The molecule has 12 heavy (non-hydrogen) atoms. The van der Waals surface area contributed by atoms with Crippen molar-refractivity contribution in [2.24, 2.45) is 0 Å². The molecule has 0 aliphatic carbocycles. The molecule has 1 aliphatic rings. The largest absolute Gasteiger partial charge is 0.369 e. The Morgan fingerprint density at radius 2 is 1.83 bits per heavy atom. The number of rotatable bonds is 2. The number of hydrogen-bond donors (Lipinski definition) is 0. The van der Waals surface area contributed by atoms with Crippen LogP contribution >= 0.6 is 0 Å². The van der Waals surface area contributed by atoms with Gasteiger partial charge in [0.1, 0.15) is 0 Å². The lowest BCUT2D eigenvalue weighted by Gasteiger charge is -2.35. The van der Waals surface area contributed by atoms with Gasteiger partial charge in [-0.25, -0.2) is 0 Å². The third-order valence-electron chi connectivity index (χ3n) is 3.40. The van der Waals surface area contributed by atoms with E-state index in [-0.39, 0.29) is 0 Å². The van der Waals surface area contributed by atoms with Gasteiger partial charge in [-0.1, -0.05) is 39.9 Å². The molecule has 0 aromatic rings. The lowest BCUT2D eigenvalue weighted by Crippen LogP contribution is -2.44. The molecule has 1 aliphatic heterocycles. The van der Waals surface area contributed by atoms with E-state index in [1.165, 1.54) is 0 Å². The van der Waals surface area contributed by atoms with Crippen LogP contribution in [0.4, 0.5) is 0 Å². The summed E-state index contributed by atoms with van der Waals surface area (Å²) in [4.78, 5) is 0. The number of epoxide rings is 1. The third-order valence-corrected chi connectivity index (χ3v) is 9.16. The smallest absolute Gasteiger partial charge is 0.0986 e. The van der Waals surface area contributed by atoms with Crippen LogP contribution in [0.2, 0.25) is 18.1 Å². The Labute approximate surface area is 76.8 Å². The maximum Gasteiger partial charge on any atom is 0.0986 e. The summed E-state index contributed by atoms with van der Waals surface area (Å²) in [6, 6.07) is 0. The van der Waals surface area contributed by atoms with Crippen molar-refractivity contribution >= 4 is 8.07 Å². The van der Waals surface area contributed by atoms with E-state index in [0.29, 0.717) is 16.9 Å². The van der Waals surface area contributed by atoms with Crippen LogP contribution in [-0.2, 0) is 4.74 Å². The van der Waals surface area contributed by atoms with Gasteiger partial charge in [-0.05, 0) is 5.04 Å². The second kappa shape index (κ2) is 2.71. The van der Waals surface area contributed by atoms with Gasteiger partial charge in [0.25, 0.3) is 0 Å². The first-order chi connectivity index (χ1) is 5.30. The summed E-state index contributed by atoms with van der Waals surface area (Å²) in [7, 11) is -1.25. The van der Waals surface area contributed by atoms with Gasteiger partial charge in [0.05, 0.1) is 19.9 Å². The van der Waals surface area contributed by atoms with Crippen molar-refractivity contribution in [3.8, 4) is 0 Å². The fourth-order valence-electron chi connectivity index (χ4n) is 1.31. The number of hydrogen-bond acceptors (Lipinski definition) is 1. The van der Waals surface area contributed by atoms with Gasteiger partial charge in [0.15, 0.2) is 0 Å². The van der Waals surface area contributed by atoms with Crippen molar-refractivity contribution in [3.05, 3.63) is 12.7 Å². The van der Waals surface area contributed by atoms with Crippen molar-refractivity contribution in [2.45, 2.75) is 50.7 Å². The zero-order valence-corrected chi connectivity index (χ0v) is 9.85. The Morgan fingerprint density at radius 1 is 1.33 bits per heavy atom. The minimum Gasteiger partial charge on any atom is -0.369 e. The highest BCUT2D eigenvalue weighted by molar-refractivity contribution is 6.82. The summed E-state index contributed by atoms with van der Waals surface area (Å²) in [5.74, 6) is 0. The molecule has 1 heterocycles. The SMILES string of the molecule is C=C[C@@H]1O[C@H]1[Si](C)(C)C(C)(C)C. The van der Waals surface area contributed by atoms with Crippen LogP contribution < -0.4 is 0 Å². The van der Waals surface area contributed by atoms with E-state index >= 15 is 0 Å². The van der Waals surface area contributed by atoms with Crippen LogP contribution in [0.25, 0.3) is 0 Å². The van der Waals surface area contributed by atoms with Gasteiger partial charge in [-0.3, -0.25) is 0 Å². The highest BCUT2D eigenvalue weighted by atomic mass is 28.3. The molecule has 1 saturated heterocycles. The summed E-state index contributed by atoms with van der Waals surface area (Å²) in [6.07, 6.45) is 2.29. The zero-order valence-electron chi connectivity index (χ0n) is 8.85. The van der Waals surface area contributed by atoms with Crippen LogP contribution in [0.15, 0.2) is 12.7 Å². The van der Waals surface area contributed by atoms with Gasteiger partial charge in [-0.15, -0.1) is 6.58 Å². The van der Waals surface area contributed by atoms with E-state index < -0.39 is 8.07 Å².